The Morgan fingerprint density at radius 2 is 2.25 bits per heavy atom. The summed E-state index contributed by atoms with van der Waals surface area (Å²) in [6, 6.07) is 5.50. The van der Waals surface area contributed by atoms with Crippen LogP contribution in [0.5, 0.6) is 5.75 Å². The number of hydrogen-bond acceptors (Lipinski definition) is 4. The van der Waals surface area contributed by atoms with Crippen LogP contribution in [0, 0.1) is 0 Å². The SMILES string of the molecule is COc1ccc(Cl)cc1CNCC(N)CN. The van der Waals surface area contributed by atoms with E-state index in [1.165, 1.54) is 0 Å². The van der Waals surface area contributed by atoms with Crippen LogP contribution in [0.1, 0.15) is 5.56 Å². The fraction of sp³-hybridized carbons (Fsp3) is 0.455. The maximum Gasteiger partial charge on any atom is 0.123 e. The van der Waals surface area contributed by atoms with Crippen LogP contribution in [0.2, 0.25) is 5.02 Å². The molecule has 0 aromatic heterocycles. The van der Waals surface area contributed by atoms with Crippen molar-refractivity contribution in [1.29, 1.82) is 0 Å². The van der Waals surface area contributed by atoms with Gasteiger partial charge in [-0.3, -0.25) is 0 Å². The molecule has 5 N–H and O–H groups in total. The van der Waals surface area contributed by atoms with Gasteiger partial charge in [0.15, 0.2) is 0 Å². The second-order valence-corrected chi connectivity index (χ2v) is 4.02. The third kappa shape index (κ3) is 3.98. The molecule has 0 radical (unpaired) electrons. The Labute approximate surface area is 101 Å². The highest BCUT2D eigenvalue weighted by Gasteiger charge is 2.04. The molecule has 0 aliphatic heterocycles. The molecular formula is C11H18ClN3O. The molecule has 0 spiro atoms. The molecule has 0 heterocycles. The van der Waals surface area contributed by atoms with E-state index in [0.29, 0.717) is 24.7 Å². The fourth-order valence-electron chi connectivity index (χ4n) is 1.36. The van der Waals surface area contributed by atoms with E-state index >= 15 is 0 Å². The number of rotatable bonds is 6. The van der Waals surface area contributed by atoms with E-state index in [1.807, 2.05) is 12.1 Å². The molecule has 0 aliphatic carbocycles. The minimum atomic E-state index is -0.0230. The van der Waals surface area contributed by atoms with Gasteiger partial charge in [0.2, 0.25) is 0 Å². The van der Waals surface area contributed by atoms with E-state index in [2.05, 4.69) is 5.32 Å². The molecule has 0 saturated carbocycles. The third-order valence-corrected chi connectivity index (χ3v) is 2.50. The van der Waals surface area contributed by atoms with Crippen molar-refractivity contribution in [3.05, 3.63) is 28.8 Å². The molecule has 5 heteroatoms. The third-order valence-electron chi connectivity index (χ3n) is 2.27. The van der Waals surface area contributed by atoms with Crippen molar-refractivity contribution in [2.24, 2.45) is 11.5 Å². The lowest BCUT2D eigenvalue weighted by Gasteiger charge is -2.12. The minimum Gasteiger partial charge on any atom is -0.496 e. The van der Waals surface area contributed by atoms with Gasteiger partial charge in [0.25, 0.3) is 0 Å². The second kappa shape index (κ2) is 6.70. The highest BCUT2D eigenvalue weighted by atomic mass is 35.5. The van der Waals surface area contributed by atoms with Crippen LogP contribution in [0.25, 0.3) is 0 Å². The second-order valence-electron chi connectivity index (χ2n) is 3.58. The van der Waals surface area contributed by atoms with Crippen molar-refractivity contribution < 1.29 is 4.74 Å². The summed E-state index contributed by atoms with van der Waals surface area (Å²) in [7, 11) is 1.64. The predicted molar refractivity (Wildman–Crippen MR) is 66.7 cm³/mol. The quantitative estimate of drug-likeness (QED) is 0.689. The van der Waals surface area contributed by atoms with Gasteiger partial charge in [0, 0.05) is 36.3 Å². The number of methoxy groups -OCH3 is 1. The first-order valence-electron chi connectivity index (χ1n) is 5.16. The van der Waals surface area contributed by atoms with Crippen LogP contribution >= 0.6 is 11.6 Å². The lowest BCUT2D eigenvalue weighted by atomic mass is 10.2. The smallest absolute Gasteiger partial charge is 0.123 e. The highest BCUT2D eigenvalue weighted by Crippen LogP contribution is 2.22. The summed E-state index contributed by atoms with van der Waals surface area (Å²) in [5.41, 5.74) is 12.1. The maximum atomic E-state index is 5.91. The molecule has 4 nitrogen and oxygen atoms in total. The number of ether oxygens (including phenoxy) is 1. The first kappa shape index (κ1) is 13.3. The van der Waals surface area contributed by atoms with Crippen LogP contribution in [0.4, 0.5) is 0 Å². The van der Waals surface area contributed by atoms with E-state index in [9.17, 15) is 0 Å². The molecule has 0 aliphatic rings. The number of hydrogen-bond donors (Lipinski definition) is 3. The lowest BCUT2D eigenvalue weighted by molar-refractivity contribution is 0.407. The predicted octanol–water partition coefficient (Wildman–Crippen LogP) is 0.724. The molecule has 1 atom stereocenters. The van der Waals surface area contributed by atoms with Crippen molar-refractivity contribution in [3.8, 4) is 5.75 Å². The Hall–Kier alpha value is -0.810. The molecule has 16 heavy (non-hydrogen) atoms. The standard InChI is InChI=1S/C11H18ClN3O/c1-16-11-3-2-9(12)4-8(11)6-15-7-10(14)5-13/h2-4,10,15H,5-7,13-14H2,1H3. The van der Waals surface area contributed by atoms with Crippen LogP contribution < -0.4 is 21.5 Å². The highest BCUT2D eigenvalue weighted by molar-refractivity contribution is 6.30. The van der Waals surface area contributed by atoms with Gasteiger partial charge in [-0.1, -0.05) is 11.6 Å². The Balaban J connectivity index is 2.55. The topological polar surface area (TPSA) is 73.3 Å². The van der Waals surface area contributed by atoms with Gasteiger partial charge in [0.05, 0.1) is 7.11 Å². The summed E-state index contributed by atoms with van der Waals surface area (Å²) < 4.78 is 5.23. The van der Waals surface area contributed by atoms with Crippen LogP contribution in [0.3, 0.4) is 0 Å². The van der Waals surface area contributed by atoms with Gasteiger partial charge in [0.1, 0.15) is 5.75 Å². The van der Waals surface area contributed by atoms with Crippen molar-refractivity contribution in [2.75, 3.05) is 20.2 Å². The van der Waals surface area contributed by atoms with Gasteiger partial charge in [-0.15, -0.1) is 0 Å². The Morgan fingerprint density at radius 1 is 1.50 bits per heavy atom. The zero-order chi connectivity index (χ0) is 12.0. The summed E-state index contributed by atoms with van der Waals surface area (Å²) >= 11 is 5.91. The zero-order valence-electron chi connectivity index (χ0n) is 9.37. The summed E-state index contributed by atoms with van der Waals surface area (Å²) in [4.78, 5) is 0. The summed E-state index contributed by atoms with van der Waals surface area (Å²) in [6.07, 6.45) is 0. The zero-order valence-corrected chi connectivity index (χ0v) is 10.1. The molecule has 90 valence electrons. The normalized spacial score (nSPS) is 12.5. The molecular weight excluding hydrogens is 226 g/mol. The van der Waals surface area contributed by atoms with Crippen molar-refractivity contribution in [3.63, 3.8) is 0 Å². The molecule has 1 unspecified atom stereocenters. The van der Waals surface area contributed by atoms with Gasteiger partial charge < -0.3 is 21.5 Å². The number of halogens is 1. The molecule has 0 bridgehead atoms. The molecule has 0 fully saturated rings. The van der Waals surface area contributed by atoms with Gasteiger partial charge >= 0.3 is 0 Å². The van der Waals surface area contributed by atoms with Crippen molar-refractivity contribution in [2.45, 2.75) is 12.6 Å². The van der Waals surface area contributed by atoms with E-state index in [-0.39, 0.29) is 6.04 Å². The van der Waals surface area contributed by atoms with Crippen molar-refractivity contribution in [1.82, 2.24) is 5.32 Å². The number of nitrogens with two attached hydrogens (primary N) is 2. The minimum absolute atomic E-state index is 0.0230. The summed E-state index contributed by atoms with van der Waals surface area (Å²) in [5.74, 6) is 0.818. The van der Waals surface area contributed by atoms with E-state index in [0.717, 1.165) is 11.3 Å². The molecule has 1 aromatic carbocycles. The van der Waals surface area contributed by atoms with E-state index in [4.69, 9.17) is 27.8 Å². The first-order chi connectivity index (χ1) is 7.67. The van der Waals surface area contributed by atoms with E-state index in [1.54, 1.807) is 13.2 Å². The van der Waals surface area contributed by atoms with Crippen LogP contribution in [-0.4, -0.2) is 26.2 Å². The monoisotopic (exact) mass is 243 g/mol. The van der Waals surface area contributed by atoms with E-state index < -0.39 is 0 Å². The first-order valence-corrected chi connectivity index (χ1v) is 5.54. The maximum absolute atomic E-state index is 5.91. The molecule has 0 amide bonds. The van der Waals surface area contributed by atoms with Gasteiger partial charge in [-0.25, -0.2) is 0 Å². The average Bonchev–Trinajstić information content (AvgIpc) is 2.29. The average molecular weight is 244 g/mol. The number of nitrogens with one attached hydrogen (secondary N) is 1. The van der Waals surface area contributed by atoms with Gasteiger partial charge in [-0.05, 0) is 18.2 Å². The van der Waals surface area contributed by atoms with Crippen molar-refractivity contribution >= 4 is 11.6 Å². The molecule has 1 aromatic rings. The Morgan fingerprint density at radius 3 is 2.88 bits per heavy atom. The number of benzene rings is 1. The Kier molecular flexibility index (Phi) is 5.55. The summed E-state index contributed by atoms with van der Waals surface area (Å²) in [6.45, 7) is 1.81. The van der Waals surface area contributed by atoms with Crippen LogP contribution in [0.15, 0.2) is 18.2 Å². The van der Waals surface area contributed by atoms with Crippen LogP contribution in [-0.2, 0) is 6.54 Å². The lowest BCUT2D eigenvalue weighted by Crippen LogP contribution is -2.39. The molecule has 1 rings (SSSR count). The molecule has 0 saturated heterocycles. The largest absolute Gasteiger partial charge is 0.496 e. The fourth-order valence-corrected chi connectivity index (χ4v) is 1.56. The van der Waals surface area contributed by atoms with Gasteiger partial charge in [-0.2, -0.15) is 0 Å². The summed E-state index contributed by atoms with van der Waals surface area (Å²) in [5, 5.41) is 3.91. The Bertz CT molecular complexity index is 333.